The van der Waals surface area contributed by atoms with Gasteiger partial charge in [-0.05, 0) is 25.0 Å². The van der Waals surface area contributed by atoms with Crippen LogP contribution < -0.4 is 4.57 Å². The van der Waals surface area contributed by atoms with E-state index in [1.807, 2.05) is 7.05 Å². The average Bonchev–Trinajstić information content (AvgIpc) is 2.86. The smallest absolute Gasteiger partial charge is 0.421 e. The van der Waals surface area contributed by atoms with E-state index in [0.717, 1.165) is 16.4 Å². The summed E-state index contributed by atoms with van der Waals surface area (Å²) in [5.41, 5.74) is -12.4. The number of halogens is 6. The van der Waals surface area contributed by atoms with Crippen LogP contribution in [-0.2, 0) is 33.6 Å². The Kier molecular flexibility index (Phi) is 9.60. The third-order valence-corrected chi connectivity index (χ3v) is 5.74. The van der Waals surface area contributed by atoms with Gasteiger partial charge in [0.15, 0.2) is 20.0 Å². The molecular weight excluding hydrogens is 448 g/mol. The SMILES string of the molecule is C[n+]1ccn(CCCCCS)c1.O=S(=O)([N-]S(=O)(=O)C(F)(F)F)C(F)(F)F. The van der Waals surface area contributed by atoms with Crippen molar-refractivity contribution in [3.05, 3.63) is 22.8 Å². The maximum atomic E-state index is 11.4. The van der Waals surface area contributed by atoms with Crippen LogP contribution in [0.25, 0.3) is 4.13 Å². The first-order valence-electron chi connectivity index (χ1n) is 7.02. The molecule has 0 radical (unpaired) electrons. The van der Waals surface area contributed by atoms with E-state index in [4.69, 9.17) is 0 Å². The number of sulfonamides is 2. The van der Waals surface area contributed by atoms with Crippen molar-refractivity contribution in [3.8, 4) is 0 Å². The fourth-order valence-corrected chi connectivity index (χ4v) is 3.36. The fourth-order valence-electron chi connectivity index (χ4n) is 1.43. The lowest BCUT2D eigenvalue weighted by atomic mass is 10.2. The largest absolute Gasteiger partial charge is 0.480 e. The van der Waals surface area contributed by atoms with E-state index >= 15 is 0 Å². The molecule has 0 unspecified atom stereocenters. The van der Waals surface area contributed by atoms with E-state index < -0.39 is 31.1 Å². The Labute approximate surface area is 157 Å². The monoisotopic (exact) mass is 465 g/mol. The number of unbranched alkanes of at least 4 members (excludes halogenated alkanes) is 2. The van der Waals surface area contributed by atoms with Gasteiger partial charge in [0.05, 0.1) is 13.6 Å². The van der Waals surface area contributed by atoms with Crippen LogP contribution in [0.5, 0.6) is 0 Å². The van der Waals surface area contributed by atoms with Crippen LogP contribution in [0.4, 0.5) is 26.3 Å². The lowest BCUT2D eigenvalue weighted by molar-refractivity contribution is -0.671. The van der Waals surface area contributed by atoms with Crippen molar-refractivity contribution in [2.24, 2.45) is 7.05 Å². The number of nitrogens with zero attached hydrogens (tertiary/aromatic N) is 3. The molecule has 7 nitrogen and oxygen atoms in total. The first-order chi connectivity index (χ1) is 12.0. The number of rotatable bonds is 7. The lowest BCUT2D eigenvalue weighted by Crippen LogP contribution is -2.30. The molecule has 160 valence electrons. The van der Waals surface area contributed by atoms with Gasteiger partial charge in [-0.15, -0.1) is 0 Å². The second-order valence-electron chi connectivity index (χ2n) is 5.02. The van der Waals surface area contributed by atoms with Crippen molar-refractivity contribution < 1.29 is 47.7 Å². The summed E-state index contributed by atoms with van der Waals surface area (Å²) in [5.74, 6) is 1.01. The van der Waals surface area contributed by atoms with Gasteiger partial charge in [0.2, 0.25) is 6.33 Å². The molecular formula is C11H17F6N3O4S3. The summed E-state index contributed by atoms with van der Waals surface area (Å²) in [6.07, 6.45) is 10.1. The fraction of sp³-hybridized carbons (Fsp3) is 0.727. The third-order valence-electron chi connectivity index (χ3n) is 2.68. The van der Waals surface area contributed by atoms with E-state index in [-0.39, 0.29) is 0 Å². The Morgan fingerprint density at radius 1 is 0.963 bits per heavy atom. The van der Waals surface area contributed by atoms with Crippen LogP contribution in [0.3, 0.4) is 0 Å². The van der Waals surface area contributed by atoms with Crippen LogP contribution in [0.15, 0.2) is 18.7 Å². The van der Waals surface area contributed by atoms with Crippen molar-refractivity contribution in [1.29, 1.82) is 0 Å². The molecule has 0 aliphatic heterocycles. The van der Waals surface area contributed by atoms with Crippen LogP contribution in [0.2, 0.25) is 0 Å². The summed E-state index contributed by atoms with van der Waals surface area (Å²) in [6, 6.07) is 0. The molecule has 1 aromatic heterocycles. The van der Waals surface area contributed by atoms with E-state index in [9.17, 15) is 43.2 Å². The number of aromatic nitrogens is 2. The molecule has 0 atom stereocenters. The zero-order valence-electron chi connectivity index (χ0n) is 13.8. The highest BCUT2D eigenvalue weighted by molar-refractivity contribution is 8.13. The molecule has 27 heavy (non-hydrogen) atoms. The topological polar surface area (TPSA) is 91.2 Å². The molecule has 0 saturated heterocycles. The van der Waals surface area contributed by atoms with Crippen molar-refractivity contribution in [2.45, 2.75) is 36.8 Å². The van der Waals surface area contributed by atoms with Gasteiger partial charge in [-0.3, -0.25) is 0 Å². The Balaban J connectivity index is 0.000000511. The Morgan fingerprint density at radius 3 is 1.78 bits per heavy atom. The Bertz CT molecular complexity index is 745. The second kappa shape index (κ2) is 9.97. The molecule has 0 N–H and O–H groups in total. The quantitative estimate of drug-likeness (QED) is 0.290. The number of thiol groups is 1. The molecule has 0 aromatic carbocycles. The van der Waals surface area contributed by atoms with Crippen molar-refractivity contribution in [3.63, 3.8) is 0 Å². The highest BCUT2D eigenvalue weighted by atomic mass is 32.3. The van der Waals surface area contributed by atoms with Crippen molar-refractivity contribution >= 4 is 32.7 Å². The predicted molar refractivity (Wildman–Crippen MR) is 86.6 cm³/mol. The first-order valence-corrected chi connectivity index (χ1v) is 10.5. The molecule has 16 heteroatoms. The predicted octanol–water partition coefficient (Wildman–Crippen LogP) is 2.47. The van der Waals surface area contributed by atoms with Crippen LogP contribution in [-0.4, -0.2) is 38.2 Å². The number of alkyl halides is 6. The van der Waals surface area contributed by atoms with Crippen molar-refractivity contribution in [1.82, 2.24) is 4.57 Å². The number of aryl methyl sites for hydroxylation is 2. The van der Waals surface area contributed by atoms with Crippen LogP contribution in [0, 0.1) is 0 Å². The number of hydrogen-bond acceptors (Lipinski definition) is 5. The van der Waals surface area contributed by atoms with Crippen LogP contribution in [0.1, 0.15) is 19.3 Å². The molecule has 0 aliphatic carbocycles. The maximum absolute atomic E-state index is 11.4. The van der Waals surface area contributed by atoms with Crippen molar-refractivity contribution in [2.75, 3.05) is 5.75 Å². The second-order valence-corrected chi connectivity index (χ2v) is 8.89. The number of hydrogen-bond donors (Lipinski definition) is 1. The number of imidazole rings is 1. The van der Waals surface area contributed by atoms with Gasteiger partial charge < -0.3 is 4.13 Å². The molecule has 0 amide bonds. The van der Waals surface area contributed by atoms with Gasteiger partial charge in [-0.2, -0.15) is 39.0 Å². The highest BCUT2D eigenvalue weighted by Gasteiger charge is 2.46. The standard InChI is InChI=1S/C9H16N2S.C2F6NO4S2/c1-10-6-7-11(9-10)5-3-2-4-8-12;3-1(4,5)14(10,11)9-15(12,13)2(6,7)8/h6-7,9H,2-5,8H2,1H3;/q;-1/p+1. The summed E-state index contributed by atoms with van der Waals surface area (Å²) in [4.78, 5) is 0. The molecule has 0 bridgehead atoms. The minimum atomic E-state index is -6.72. The summed E-state index contributed by atoms with van der Waals surface area (Å²) in [5, 5.41) is 0. The molecule has 0 spiro atoms. The molecule has 0 aliphatic rings. The Morgan fingerprint density at radius 2 is 1.44 bits per heavy atom. The van der Waals surface area contributed by atoms with E-state index in [1.54, 1.807) is 0 Å². The minimum Gasteiger partial charge on any atom is -0.421 e. The van der Waals surface area contributed by atoms with Gasteiger partial charge >= 0.3 is 11.0 Å². The molecule has 0 fully saturated rings. The first kappa shape index (κ1) is 26.0. The van der Waals surface area contributed by atoms with Crippen LogP contribution >= 0.6 is 12.6 Å². The summed E-state index contributed by atoms with van der Waals surface area (Å²) in [7, 11) is -11.4. The summed E-state index contributed by atoms with van der Waals surface area (Å²) >= 11 is 4.17. The molecule has 1 aromatic rings. The molecule has 1 heterocycles. The van der Waals surface area contributed by atoms with E-state index in [0.29, 0.717) is 0 Å². The zero-order chi connectivity index (χ0) is 21.5. The van der Waals surface area contributed by atoms with Gasteiger partial charge in [-0.1, -0.05) is 0 Å². The average molecular weight is 465 g/mol. The van der Waals surface area contributed by atoms with E-state index in [2.05, 4.69) is 40.5 Å². The zero-order valence-corrected chi connectivity index (χ0v) is 16.3. The Hall–Kier alpha value is -1.00. The van der Waals surface area contributed by atoms with E-state index in [1.165, 1.54) is 19.3 Å². The molecule has 1 rings (SSSR count). The lowest BCUT2D eigenvalue weighted by Gasteiger charge is -2.22. The van der Waals surface area contributed by atoms with Gasteiger partial charge in [0.25, 0.3) is 0 Å². The summed E-state index contributed by atoms with van der Waals surface area (Å²) < 4.78 is 113. The highest BCUT2D eigenvalue weighted by Crippen LogP contribution is 2.36. The van der Waals surface area contributed by atoms with Gasteiger partial charge in [0.1, 0.15) is 12.4 Å². The van der Waals surface area contributed by atoms with Gasteiger partial charge in [-0.25, -0.2) is 26.0 Å². The minimum absolute atomic E-state index is 0.778. The third kappa shape index (κ3) is 9.16. The maximum Gasteiger partial charge on any atom is 0.480 e. The normalized spacial score (nSPS) is 13.2. The molecule has 0 saturated carbocycles. The van der Waals surface area contributed by atoms with Gasteiger partial charge in [0, 0.05) is 0 Å². The summed E-state index contributed by atoms with van der Waals surface area (Å²) in [6.45, 7) is 1.13.